The Morgan fingerprint density at radius 3 is 2.58 bits per heavy atom. The highest BCUT2D eigenvalue weighted by Gasteiger charge is 2.19. The molecule has 0 aromatic heterocycles. The van der Waals surface area contributed by atoms with Gasteiger partial charge in [-0.15, -0.1) is 0 Å². The molecule has 0 heterocycles. The van der Waals surface area contributed by atoms with Crippen LogP contribution in [0.5, 0.6) is 0 Å². The topological polar surface area (TPSA) is 12.0 Å². The van der Waals surface area contributed by atoms with Crippen LogP contribution in [-0.4, -0.2) is 12.6 Å². The second kappa shape index (κ2) is 9.55. The molecule has 0 amide bonds. The van der Waals surface area contributed by atoms with Gasteiger partial charge in [-0.05, 0) is 43.0 Å². The van der Waals surface area contributed by atoms with E-state index in [4.69, 9.17) is 0 Å². The van der Waals surface area contributed by atoms with Crippen LogP contribution >= 0.6 is 15.9 Å². The molecule has 0 aliphatic heterocycles. The maximum absolute atomic E-state index is 3.70. The Kier molecular flexibility index (Phi) is 8.40. The zero-order valence-corrected chi connectivity index (χ0v) is 14.2. The highest BCUT2D eigenvalue weighted by atomic mass is 79.9. The summed E-state index contributed by atoms with van der Waals surface area (Å²) in [7, 11) is 0. The standard InChI is InChI=1S/C17H28BrN/c1-4-7-10-15(5-2)17(19-6-3)13-14-9-8-11-16(18)12-14/h8-9,11-12,15,17,19H,4-7,10,13H2,1-3H3. The van der Waals surface area contributed by atoms with E-state index in [1.807, 2.05) is 0 Å². The smallest absolute Gasteiger partial charge is 0.0178 e. The quantitative estimate of drug-likeness (QED) is 0.659. The van der Waals surface area contributed by atoms with Gasteiger partial charge in [0.05, 0.1) is 0 Å². The molecule has 0 fully saturated rings. The first-order valence-corrected chi connectivity index (χ1v) is 8.48. The van der Waals surface area contributed by atoms with Crippen LogP contribution in [0, 0.1) is 5.92 Å². The van der Waals surface area contributed by atoms with Gasteiger partial charge in [0.15, 0.2) is 0 Å². The van der Waals surface area contributed by atoms with Gasteiger partial charge in [-0.1, -0.05) is 68.1 Å². The number of hydrogen-bond acceptors (Lipinski definition) is 1. The van der Waals surface area contributed by atoms with Gasteiger partial charge in [0.2, 0.25) is 0 Å². The molecule has 1 aromatic rings. The zero-order chi connectivity index (χ0) is 14.1. The van der Waals surface area contributed by atoms with E-state index in [2.05, 4.69) is 66.3 Å². The molecule has 108 valence electrons. The maximum atomic E-state index is 3.70. The van der Waals surface area contributed by atoms with Crippen molar-refractivity contribution in [3.05, 3.63) is 34.3 Å². The zero-order valence-electron chi connectivity index (χ0n) is 12.6. The van der Waals surface area contributed by atoms with Crippen LogP contribution in [0.15, 0.2) is 28.7 Å². The minimum Gasteiger partial charge on any atom is -0.314 e. The van der Waals surface area contributed by atoms with Crippen molar-refractivity contribution in [2.75, 3.05) is 6.54 Å². The summed E-state index contributed by atoms with van der Waals surface area (Å²) in [6.07, 6.45) is 6.39. The number of hydrogen-bond donors (Lipinski definition) is 1. The Bertz CT molecular complexity index is 351. The van der Waals surface area contributed by atoms with E-state index in [9.17, 15) is 0 Å². The molecular formula is C17H28BrN. The van der Waals surface area contributed by atoms with Crippen molar-refractivity contribution in [3.8, 4) is 0 Å². The molecule has 0 bridgehead atoms. The fourth-order valence-corrected chi connectivity index (χ4v) is 3.19. The number of halogens is 1. The third-order valence-corrected chi connectivity index (χ3v) is 4.33. The Labute approximate surface area is 127 Å². The van der Waals surface area contributed by atoms with Crippen LogP contribution < -0.4 is 5.32 Å². The highest BCUT2D eigenvalue weighted by Crippen LogP contribution is 2.21. The lowest BCUT2D eigenvalue weighted by Crippen LogP contribution is -2.37. The van der Waals surface area contributed by atoms with Gasteiger partial charge >= 0.3 is 0 Å². The Hall–Kier alpha value is -0.340. The number of nitrogens with one attached hydrogen (secondary N) is 1. The number of benzene rings is 1. The lowest BCUT2D eigenvalue weighted by Gasteiger charge is -2.27. The summed E-state index contributed by atoms with van der Waals surface area (Å²) in [4.78, 5) is 0. The lowest BCUT2D eigenvalue weighted by atomic mass is 9.87. The molecule has 2 heteroatoms. The SMILES string of the molecule is CCCCC(CC)C(Cc1cccc(Br)c1)NCC. The molecule has 1 N–H and O–H groups in total. The summed E-state index contributed by atoms with van der Waals surface area (Å²) in [5.41, 5.74) is 1.43. The van der Waals surface area contributed by atoms with Crippen LogP contribution in [0.25, 0.3) is 0 Å². The van der Waals surface area contributed by atoms with Crippen molar-refractivity contribution < 1.29 is 0 Å². The minimum absolute atomic E-state index is 0.607. The Morgan fingerprint density at radius 1 is 1.21 bits per heavy atom. The molecule has 2 atom stereocenters. The third-order valence-electron chi connectivity index (χ3n) is 3.83. The van der Waals surface area contributed by atoms with Crippen molar-refractivity contribution >= 4 is 15.9 Å². The van der Waals surface area contributed by atoms with Crippen molar-refractivity contribution in [1.29, 1.82) is 0 Å². The summed E-state index contributed by atoms with van der Waals surface area (Å²) < 4.78 is 1.18. The first-order valence-electron chi connectivity index (χ1n) is 7.69. The van der Waals surface area contributed by atoms with Crippen molar-refractivity contribution in [3.63, 3.8) is 0 Å². The van der Waals surface area contributed by atoms with E-state index in [0.29, 0.717) is 6.04 Å². The second-order valence-corrected chi connectivity index (χ2v) is 6.22. The molecule has 0 radical (unpaired) electrons. The van der Waals surface area contributed by atoms with E-state index in [1.54, 1.807) is 0 Å². The van der Waals surface area contributed by atoms with Crippen LogP contribution in [0.2, 0.25) is 0 Å². The van der Waals surface area contributed by atoms with Crippen LogP contribution in [0.1, 0.15) is 52.0 Å². The molecule has 0 saturated carbocycles. The number of rotatable bonds is 9. The van der Waals surface area contributed by atoms with E-state index in [-0.39, 0.29) is 0 Å². The molecule has 0 aliphatic carbocycles. The van der Waals surface area contributed by atoms with E-state index in [0.717, 1.165) is 18.9 Å². The van der Waals surface area contributed by atoms with Gasteiger partial charge in [-0.3, -0.25) is 0 Å². The molecule has 1 aromatic carbocycles. The monoisotopic (exact) mass is 325 g/mol. The molecule has 19 heavy (non-hydrogen) atoms. The van der Waals surface area contributed by atoms with Crippen LogP contribution in [-0.2, 0) is 6.42 Å². The van der Waals surface area contributed by atoms with E-state index in [1.165, 1.54) is 35.7 Å². The molecular weight excluding hydrogens is 298 g/mol. The highest BCUT2D eigenvalue weighted by molar-refractivity contribution is 9.10. The van der Waals surface area contributed by atoms with Gasteiger partial charge in [0, 0.05) is 10.5 Å². The largest absolute Gasteiger partial charge is 0.314 e. The first kappa shape index (κ1) is 16.7. The predicted molar refractivity (Wildman–Crippen MR) is 88.6 cm³/mol. The Balaban J connectivity index is 2.69. The lowest BCUT2D eigenvalue weighted by molar-refractivity contribution is 0.319. The van der Waals surface area contributed by atoms with Gasteiger partial charge in [-0.25, -0.2) is 0 Å². The van der Waals surface area contributed by atoms with Gasteiger partial charge < -0.3 is 5.32 Å². The average Bonchev–Trinajstić information content (AvgIpc) is 2.40. The maximum Gasteiger partial charge on any atom is 0.0178 e. The van der Waals surface area contributed by atoms with Gasteiger partial charge in [0.1, 0.15) is 0 Å². The molecule has 1 nitrogen and oxygen atoms in total. The summed E-state index contributed by atoms with van der Waals surface area (Å²) in [5, 5.41) is 3.70. The minimum atomic E-state index is 0.607. The van der Waals surface area contributed by atoms with Crippen LogP contribution in [0.3, 0.4) is 0 Å². The summed E-state index contributed by atoms with van der Waals surface area (Å²) in [6.45, 7) is 7.87. The molecule has 0 aliphatic rings. The number of unbranched alkanes of at least 4 members (excludes halogenated alkanes) is 1. The van der Waals surface area contributed by atoms with E-state index >= 15 is 0 Å². The fourth-order valence-electron chi connectivity index (χ4n) is 2.74. The van der Waals surface area contributed by atoms with Crippen molar-refractivity contribution in [2.45, 2.75) is 58.9 Å². The molecule has 0 saturated heterocycles. The second-order valence-electron chi connectivity index (χ2n) is 5.31. The summed E-state index contributed by atoms with van der Waals surface area (Å²) in [6, 6.07) is 9.32. The normalized spacial score (nSPS) is 14.3. The fraction of sp³-hybridized carbons (Fsp3) is 0.647. The summed E-state index contributed by atoms with van der Waals surface area (Å²) >= 11 is 3.57. The van der Waals surface area contributed by atoms with Crippen LogP contribution in [0.4, 0.5) is 0 Å². The third kappa shape index (κ3) is 6.09. The van der Waals surface area contributed by atoms with E-state index < -0.39 is 0 Å². The number of likely N-dealkylation sites (N-methyl/N-ethyl adjacent to an activating group) is 1. The van der Waals surface area contributed by atoms with Gasteiger partial charge in [-0.2, -0.15) is 0 Å². The average molecular weight is 326 g/mol. The Morgan fingerprint density at radius 2 is 2.00 bits per heavy atom. The predicted octanol–water partition coefficient (Wildman–Crippen LogP) is 5.19. The molecule has 2 unspecified atom stereocenters. The first-order chi connectivity index (χ1) is 9.21. The van der Waals surface area contributed by atoms with Crippen molar-refractivity contribution in [1.82, 2.24) is 5.32 Å². The molecule has 0 spiro atoms. The van der Waals surface area contributed by atoms with Crippen molar-refractivity contribution in [2.24, 2.45) is 5.92 Å². The van der Waals surface area contributed by atoms with Gasteiger partial charge in [0.25, 0.3) is 0 Å². The summed E-state index contributed by atoms with van der Waals surface area (Å²) in [5.74, 6) is 0.791. The molecule has 1 rings (SSSR count).